The molecular weight excluding hydrogens is 266 g/mol. The van der Waals surface area contributed by atoms with E-state index < -0.39 is 0 Å². The van der Waals surface area contributed by atoms with E-state index >= 15 is 0 Å². The molecule has 0 amide bonds. The Balaban J connectivity index is 0. The van der Waals surface area contributed by atoms with E-state index in [4.69, 9.17) is 0 Å². The van der Waals surface area contributed by atoms with Gasteiger partial charge in [-0.1, -0.05) is 74.7 Å². The zero-order valence-corrected chi connectivity index (χ0v) is 15.2. The van der Waals surface area contributed by atoms with Gasteiger partial charge >= 0.3 is 0 Å². The summed E-state index contributed by atoms with van der Waals surface area (Å²) in [7, 11) is 1.50. The molecule has 0 spiro atoms. The minimum atomic E-state index is 0.920. The number of hydrogen-bond acceptors (Lipinski definition) is 1. The Morgan fingerprint density at radius 2 is 1.55 bits per heavy atom. The van der Waals surface area contributed by atoms with Crippen LogP contribution in [0.15, 0.2) is 55.1 Å². The van der Waals surface area contributed by atoms with Gasteiger partial charge in [0, 0.05) is 0 Å². The molecule has 0 heterocycles. The predicted molar refractivity (Wildman–Crippen MR) is 103 cm³/mol. The van der Waals surface area contributed by atoms with Crippen LogP contribution >= 0.6 is 0 Å². The zero-order chi connectivity index (χ0) is 17.1. The molecule has 1 aliphatic rings. The first-order valence-corrected chi connectivity index (χ1v) is 8.59. The standard InChI is InChI=1S/C9H16.C8H10.C3H6.CH5N/c1-2-6-9-7-4-3-5-8-9;1-2-8-6-4-3-5-7-8;1-3-2;1-2/h2,6,9H,3-5,7-8H2,1H3;3-7H,2H2,1H3;3H,1H2,2H3;2H2,1H3/b6-2-;;;. The highest BCUT2D eigenvalue weighted by Crippen LogP contribution is 2.24. The Bertz CT molecular complexity index is 334. The van der Waals surface area contributed by atoms with Crippen LogP contribution in [-0.2, 0) is 6.42 Å². The lowest BCUT2D eigenvalue weighted by molar-refractivity contribution is 0.419. The average molecular weight is 304 g/mol. The molecule has 1 fully saturated rings. The van der Waals surface area contributed by atoms with Crippen molar-refractivity contribution in [3.63, 3.8) is 0 Å². The second kappa shape index (κ2) is 19.7. The van der Waals surface area contributed by atoms with E-state index in [0.717, 1.165) is 12.3 Å². The van der Waals surface area contributed by atoms with Gasteiger partial charge in [-0.2, -0.15) is 0 Å². The first-order valence-electron chi connectivity index (χ1n) is 8.59. The van der Waals surface area contributed by atoms with Gasteiger partial charge in [-0.25, -0.2) is 0 Å². The molecule has 1 aromatic rings. The quantitative estimate of drug-likeness (QED) is 0.651. The smallest absolute Gasteiger partial charge is 0.0195 e. The minimum Gasteiger partial charge on any atom is -0.333 e. The Morgan fingerprint density at radius 3 is 1.91 bits per heavy atom. The molecule has 0 atom stereocenters. The third kappa shape index (κ3) is 15.1. The van der Waals surface area contributed by atoms with E-state index in [0.29, 0.717) is 0 Å². The van der Waals surface area contributed by atoms with E-state index in [-0.39, 0.29) is 0 Å². The van der Waals surface area contributed by atoms with E-state index in [1.807, 2.05) is 13.0 Å². The lowest BCUT2D eigenvalue weighted by Crippen LogP contribution is -2.01. The van der Waals surface area contributed by atoms with Crippen LogP contribution in [0.25, 0.3) is 0 Å². The highest BCUT2D eigenvalue weighted by Gasteiger charge is 2.08. The molecule has 22 heavy (non-hydrogen) atoms. The van der Waals surface area contributed by atoms with Gasteiger partial charge in [0.15, 0.2) is 0 Å². The maximum absolute atomic E-state index is 4.50. The van der Waals surface area contributed by atoms with E-state index in [2.05, 4.69) is 62.6 Å². The summed E-state index contributed by atoms with van der Waals surface area (Å²) in [5, 5.41) is 0. The average Bonchev–Trinajstić information content (AvgIpc) is 2.60. The third-order valence-electron chi connectivity index (χ3n) is 3.37. The van der Waals surface area contributed by atoms with Crippen LogP contribution in [0.2, 0.25) is 0 Å². The van der Waals surface area contributed by atoms with E-state index in [1.165, 1.54) is 44.7 Å². The fourth-order valence-corrected chi connectivity index (χ4v) is 2.31. The van der Waals surface area contributed by atoms with Crippen LogP contribution in [-0.4, -0.2) is 7.05 Å². The van der Waals surface area contributed by atoms with Crippen molar-refractivity contribution >= 4 is 0 Å². The minimum absolute atomic E-state index is 0.920. The molecule has 0 radical (unpaired) electrons. The summed E-state index contributed by atoms with van der Waals surface area (Å²) in [6.07, 6.45) is 14.7. The SMILES string of the molecule is C/C=C\C1CCCCC1.C=CC.CCc1ccccc1.CN. The van der Waals surface area contributed by atoms with Crippen molar-refractivity contribution < 1.29 is 0 Å². The Labute approximate surface area is 139 Å². The van der Waals surface area contributed by atoms with E-state index in [1.54, 1.807) is 6.08 Å². The molecule has 2 N–H and O–H groups in total. The lowest BCUT2D eigenvalue weighted by Gasteiger charge is -2.17. The van der Waals surface area contributed by atoms with Crippen molar-refractivity contribution in [1.29, 1.82) is 0 Å². The van der Waals surface area contributed by atoms with E-state index in [9.17, 15) is 0 Å². The summed E-state index contributed by atoms with van der Waals surface area (Å²) >= 11 is 0. The van der Waals surface area contributed by atoms with Crippen molar-refractivity contribution in [2.24, 2.45) is 11.7 Å². The molecule has 2 rings (SSSR count). The van der Waals surface area contributed by atoms with Gasteiger partial charge in [0.1, 0.15) is 0 Å². The van der Waals surface area contributed by atoms with Crippen LogP contribution < -0.4 is 5.73 Å². The number of aryl methyl sites for hydroxylation is 1. The van der Waals surface area contributed by atoms with Gasteiger partial charge in [-0.05, 0) is 51.6 Å². The highest BCUT2D eigenvalue weighted by molar-refractivity contribution is 5.13. The van der Waals surface area contributed by atoms with Crippen LogP contribution in [0, 0.1) is 5.92 Å². The van der Waals surface area contributed by atoms with Crippen molar-refractivity contribution in [1.82, 2.24) is 0 Å². The molecular formula is C21H37N. The normalized spacial score (nSPS) is 13.7. The van der Waals surface area contributed by atoms with Crippen LogP contribution in [0.4, 0.5) is 0 Å². The van der Waals surface area contributed by atoms with Gasteiger partial charge in [0.2, 0.25) is 0 Å². The van der Waals surface area contributed by atoms with Gasteiger partial charge in [0.25, 0.3) is 0 Å². The largest absolute Gasteiger partial charge is 0.333 e. The molecule has 0 saturated heterocycles. The number of rotatable bonds is 2. The zero-order valence-electron chi connectivity index (χ0n) is 15.2. The van der Waals surface area contributed by atoms with Gasteiger partial charge in [0.05, 0.1) is 0 Å². The maximum atomic E-state index is 4.50. The second-order valence-corrected chi connectivity index (χ2v) is 5.17. The Morgan fingerprint density at radius 1 is 1.05 bits per heavy atom. The number of hydrogen-bond donors (Lipinski definition) is 1. The molecule has 126 valence electrons. The highest BCUT2D eigenvalue weighted by atomic mass is 14.4. The van der Waals surface area contributed by atoms with Crippen molar-refractivity contribution in [3.05, 3.63) is 60.7 Å². The van der Waals surface area contributed by atoms with Crippen LogP contribution in [0.1, 0.15) is 58.4 Å². The fourth-order valence-electron chi connectivity index (χ4n) is 2.31. The maximum Gasteiger partial charge on any atom is -0.0195 e. The third-order valence-corrected chi connectivity index (χ3v) is 3.37. The number of benzene rings is 1. The summed E-state index contributed by atoms with van der Waals surface area (Å²) in [4.78, 5) is 0. The molecule has 1 aromatic carbocycles. The summed E-state index contributed by atoms with van der Waals surface area (Å²) in [6.45, 7) is 9.53. The van der Waals surface area contributed by atoms with Crippen molar-refractivity contribution in [2.45, 2.75) is 59.3 Å². The summed E-state index contributed by atoms with van der Waals surface area (Å²) in [5.41, 5.74) is 5.91. The van der Waals surface area contributed by atoms with Crippen molar-refractivity contribution in [3.8, 4) is 0 Å². The Kier molecular flexibility index (Phi) is 20.5. The molecule has 1 heteroatoms. The molecule has 0 aromatic heterocycles. The number of allylic oxidation sites excluding steroid dienone is 3. The molecule has 1 nitrogen and oxygen atoms in total. The molecule has 0 unspecified atom stereocenters. The first-order chi connectivity index (χ1) is 10.8. The van der Waals surface area contributed by atoms with Crippen LogP contribution in [0.5, 0.6) is 0 Å². The fraction of sp³-hybridized carbons (Fsp3) is 0.524. The summed E-state index contributed by atoms with van der Waals surface area (Å²) < 4.78 is 0. The molecule has 0 aliphatic heterocycles. The second-order valence-electron chi connectivity index (χ2n) is 5.17. The summed E-state index contributed by atoms with van der Waals surface area (Å²) in [6, 6.07) is 10.5. The molecule has 0 bridgehead atoms. The first kappa shape index (κ1) is 22.9. The number of nitrogens with two attached hydrogens (primary N) is 1. The molecule has 1 saturated carbocycles. The topological polar surface area (TPSA) is 26.0 Å². The lowest BCUT2D eigenvalue weighted by atomic mass is 9.89. The van der Waals surface area contributed by atoms with Crippen molar-refractivity contribution in [2.75, 3.05) is 7.05 Å². The monoisotopic (exact) mass is 303 g/mol. The van der Waals surface area contributed by atoms with Gasteiger partial charge in [-0.3, -0.25) is 0 Å². The predicted octanol–water partition coefficient (Wildman–Crippen LogP) is 6.16. The van der Waals surface area contributed by atoms with Gasteiger partial charge < -0.3 is 5.73 Å². The Hall–Kier alpha value is -1.34. The summed E-state index contributed by atoms with van der Waals surface area (Å²) in [5.74, 6) is 0.920. The van der Waals surface area contributed by atoms with Gasteiger partial charge in [-0.15, -0.1) is 6.58 Å². The molecule has 1 aliphatic carbocycles. The van der Waals surface area contributed by atoms with Crippen LogP contribution in [0.3, 0.4) is 0 Å².